The fraction of sp³-hybridized carbons (Fsp3) is 0.308. The van der Waals surface area contributed by atoms with E-state index in [0.717, 1.165) is 17.5 Å². The summed E-state index contributed by atoms with van der Waals surface area (Å²) in [5.74, 6) is 0.494. The molecule has 0 saturated heterocycles. The van der Waals surface area contributed by atoms with Crippen molar-refractivity contribution >= 4 is 28.8 Å². The van der Waals surface area contributed by atoms with Gasteiger partial charge in [0.25, 0.3) is 0 Å². The van der Waals surface area contributed by atoms with E-state index in [1.54, 1.807) is 6.07 Å². The van der Waals surface area contributed by atoms with Crippen LogP contribution in [-0.2, 0) is 6.42 Å². The predicted molar refractivity (Wildman–Crippen MR) is 128 cm³/mol. The van der Waals surface area contributed by atoms with Gasteiger partial charge in [0.1, 0.15) is 5.82 Å². The molecule has 1 fully saturated rings. The number of rotatable bonds is 5. The van der Waals surface area contributed by atoms with E-state index >= 15 is 0 Å². The van der Waals surface area contributed by atoms with Crippen molar-refractivity contribution in [2.75, 3.05) is 5.32 Å². The van der Waals surface area contributed by atoms with Crippen LogP contribution in [0.5, 0.6) is 0 Å². The van der Waals surface area contributed by atoms with Crippen LogP contribution in [0.25, 0.3) is 16.6 Å². The molecular weight excluding hydrogens is 423 g/mol. The van der Waals surface area contributed by atoms with Crippen molar-refractivity contribution in [2.45, 2.75) is 51.4 Å². The molecule has 4 aromatic rings. The van der Waals surface area contributed by atoms with E-state index in [0.29, 0.717) is 22.6 Å². The first kappa shape index (κ1) is 21.0. The number of aromatic nitrogens is 3. The molecule has 4 nitrogen and oxygen atoms in total. The van der Waals surface area contributed by atoms with Crippen LogP contribution >= 0.6 is 11.6 Å². The van der Waals surface area contributed by atoms with E-state index in [2.05, 4.69) is 47.6 Å². The van der Waals surface area contributed by atoms with Crippen molar-refractivity contribution in [2.24, 2.45) is 0 Å². The van der Waals surface area contributed by atoms with Gasteiger partial charge in [-0.25, -0.2) is 13.9 Å². The average molecular weight is 449 g/mol. The molecule has 1 aliphatic rings. The third kappa shape index (κ3) is 4.22. The quantitative estimate of drug-likeness (QED) is 0.343. The fourth-order valence-corrected chi connectivity index (χ4v) is 4.89. The van der Waals surface area contributed by atoms with E-state index in [4.69, 9.17) is 16.7 Å². The van der Waals surface area contributed by atoms with Gasteiger partial charge >= 0.3 is 0 Å². The number of benzene rings is 2. The Hall–Kier alpha value is -2.92. The second-order valence-corrected chi connectivity index (χ2v) is 8.97. The highest BCUT2D eigenvalue weighted by Gasteiger charge is 2.22. The summed E-state index contributed by atoms with van der Waals surface area (Å²) in [5, 5.41) is 8.25. The zero-order valence-electron chi connectivity index (χ0n) is 18.1. The van der Waals surface area contributed by atoms with Gasteiger partial charge in [-0.3, -0.25) is 0 Å². The Morgan fingerprint density at radius 2 is 1.84 bits per heavy atom. The molecule has 2 aromatic heterocycles. The number of anilines is 2. The number of nitrogens with zero attached hydrogens (tertiary/aromatic N) is 3. The highest BCUT2D eigenvalue weighted by molar-refractivity contribution is 6.30. The highest BCUT2D eigenvalue weighted by Crippen LogP contribution is 2.37. The number of nitrogens with one attached hydrogen (secondary N) is 1. The minimum absolute atomic E-state index is 0.329. The van der Waals surface area contributed by atoms with Gasteiger partial charge in [-0.05, 0) is 54.7 Å². The minimum Gasteiger partial charge on any atom is -0.323 e. The van der Waals surface area contributed by atoms with E-state index in [1.165, 1.54) is 61.1 Å². The summed E-state index contributed by atoms with van der Waals surface area (Å²) in [4.78, 5) is 4.53. The fourth-order valence-electron chi connectivity index (χ4n) is 4.67. The van der Waals surface area contributed by atoms with Crippen molar-refractivity contribution in [3.8, 4) is 11.1 Å². The van der Waals surface area contributed by atoms with Crippen LogP contribution in [0.1, 0.15) is 56.2 Å². The van der Waals surface area contributed by atoms with Gasteiger partial charge < -0.3 is 5.32 Å². The Bertz CT molecular complexity index is 1220. The number of hydrogen-bond donors (Lipinski definition) is 1. The lowest BCUT2D eigenvalue weighted by molar-refractivity contribution is 0.432. The smallest absolute Gasteiger partial charge is 0.245 e. The third-order valence-corrected chi connectivity index (χ3v) is 6.58. The Kier molecular flexibility index (Phi) is 5.83. The van der Waals surface area contributed by atoms with Crippen LogP contribution in [0.3, 0.4) is 0 Å². The van der Waals surface area contributed by atoms with Crippen LogP contribution in [-0.4, -0.2) is 14.6 Å². The summed E-state index contributed by atoms with van der Waals surface area (Å²) < 4.78 is 15.8. The van der Waals surface area contributed by atoms with Crippen LogP contribution < -0.4 is 5.32 Å². The van der Waals surface area contributed by atoms with E-state index < -0.39 is 5.82 Å². The first-order valence-electron chi connectivity index (χ1n) is 11.3. The van der Waals surface area contributed by atoms with Crippen molar-refractivity contribution in [1.29, 1.82) is 0 Å². The summed E-state index contributed by atoms with van der Waals surface area (Å²) in [6.45, 7) is 2.16. The van der Waals surface area contributed by atoms with E-state index in [9.17, 15) is 4.39 Å². The van der Waals surface area contributed by atoms with Gasteiger partial charge in [-0.15, -0.1) is 5.10 Å². The molecule has 164 valence electrons. The largest absolute Gasteiger partial charge is 0.323 e. The maximum absolute atomic E-state index is 13.8. The highest BCUT2D eigenvalue weighted by atomic mass is 35.5. The molecule has 2 heterocycles. The van der Waals surface area contributed by atoms with Gasteiger partial charge in [0.05, 0.1) is 11.7 Å². The Labute approximate surface area is 192 Å². The van der Waals surface area contributed by atoms with Gasteiger partial charge in [-0.1, -0.05) is 62.1 Å². The molecule has 6 heteroatoms. The molecule has 5 rings (SSSR count). The molecule has 0 unspecified atom stereocenters. The SMILES string of the molecule is CCc1ccc(-c2cc(C3CCCCC3)n3nc(Nc4cc(F)cc(Cl)c4)ncc23)cc1. The molecule has 2 aromatic carbocycles. The first-order chi connectivity index (χ1) is 15.6. The zero-order chi connectivity index (χ0) is 22.1. The van der Waals surface area contributed by atoms with Crippen LogP contribution in [0, 0.1) is 5.82 Å². The maximum atomic E-state index is 13.8. The van der Waals surface area contributed by atoms with Crippen molar-refractivity contribution in [3.63, 3.8) is 0 Å². The summed E-state index contributed by atoms with van der Waals surface area (Å²) in [6.07, 6.45) is 9.01. The summed E-state index contributed by atoms with van der Waals surface area (Å²) in [6, 6.07) is 15.3. The molecule has 1 aliphatic carbocycles. The summed E-state index contributed by atoms with van der Waals surface area (Å²) >= 11 is 6.00. The molecule has 1 N–H and O–H groups in total. The van der Waals surface area contributed by atoms with E-state index in [-0.39, 0.29) is 0 Å². The van der Waals surface area contributed by atoms with Crippen LogP contribution in [0.15, 0.2) is 54.7 Å². The average Bonchev–Trinajstić information content (AvgIpc) is 3.18. The lowest BCUT2D eigenvalue weighted by Gasteiger charge is -2.21. The minimum atomic E-state index is -0.400. The van der Waals surface area contributed by atoms with Gasteiger partial charge in [0.2, 0.25) is 5.95 Å². The van der Waals surface area contributed by atoms with Crippen molar-refractivity contribution in [3.05, 3.63) is 76.8 Å². The van der Waals surface area contributed by atoms with Gasteiger partial charge in [0.15, 0.2) is 0 Å². The second-order valence-electron chi connectivity index (χ2n) is 8.53. The monoisotopic (exact) mass is 448 g/mol. The Morgan fingerprint density at radius 1 is 1.06 bits per heavy atom. The lowest BCUT2D eigenvalue weighted by atomic mass is 9.87. The number of aryl methyl sites for hydroxylation is 1. The normalized spacial score (nSPS) is 14.7. The van der Waals surface area contributed by atoms with E-state index in [1.807, 2.05) is 10.7 Å². The molecule has 0 spiro atoms. The van der Waals surface area contributed by atoms with Crippen molar-refractivity contribution < 1.29 is 4.39 Å². The Balaban J connectivity index is 1.59. The van der Waals surface area contributed by atoms with Crippen molar-refractivity contribution in [1.82, 2.24) is 14.6 Å². The number of halogens is 2. The molecule has 0 aliphatic heterocycles. The number of hydrogen-bond acceptors (Lipinski definition) is 3. The van der Waals surface area contributed by atoms with Gasteiger partial charge in [0, 0.05) is 27.9 Å². The predicted octanol–water partition coefficient (Wildman–Crippen LogP) is 7.54. The topological polar surface area (TPSA) is 42.2 Å². The van der Waals surface area contributed by atoms with Crippen LogP contribution in [0.4, 0.5) is 16.0 Å². The third-order valence-electron chi connectivity index (χ3n) is 6.36. The second kappa shape index (κ2) is 8.91. The molecule has 32 heavy (non-hydrogen) atoms. The Morgan fingerprint density at radius 3 is 2.56 bits per heavy atom. The maximum Gasteiger partial charge on any atom is 0.245 e. The van der Waals surface area contributed by atoms with Crippen LogP contribution in [0.2, 0.25) is 5.02 Å². The molecule has 0 atom stereocenters. The summed E-state index contributed by atoms with van der Waals surface area (Å²) in [7, 11) is 0. The zero-order valence-corrected chi connectivity index (χ0v) is 18.9. The molecule has 0 bridgehead atoms. The summed E-state index contributed by atoms with van der Waals surface area (Å²) in [5.41, 5.74) is 6.36. The molecular formula is C26H26ClFN4. The first-order valence-corrected chi connectivity index (χ1v) is 11.7. The molecule has 0 amide bonds. The lowest BCUT2D eigenvalue weighted by Crippen LogP contribution is -2.10. The standard InChI is InChI=1S/C26H26ClFN4/c1-2-17-8-10-18(11-9-17)23-15-24(19-6-4-3-5-7-19)32-25(23)16-29-26(31-32)30-22-13-20(27)12-21(28)14-22/h8-16,19H,2-7H2,1H3,(H,30,31). The molecule has 0 radical (unpaired) electrons. The van der Waals surface area contributed by atoms with Gasteiger partial charge in [-0.2, -0.15) is 0 Å². The number of fused-ring (bicyclic) bond motifs is 1. The molecule has 1 saturated carbocycles.